The second-order valence-corrected chi connectivity index (χ2v) is 4.94. The zero-order valence-electron chi connectivity index (χ0n) is 9.54. The Morgan fingerprint density at radius 1 is 1.17 bits per heavy atom. The van der Waals surface area contributed by atoms with Crippen LogP contribution in [0.4, 0.5) is 0 Å². The largest absolute Gasteiger partial charge is 0.337 e. The van der Waals surface area contributed by atoms with E-state index in [1.807, 2.05) is 13.0 Å². The molecule has 0 atom stereocenters. The van der Waals surface area contributed by atoms with Gasteiger partial charge in [0.15, 0.2) is 5.65 Å². The van der Waals surface area contributed by atoms with Crippen LogP contribution >= 0.6 is 23.2 Å². The maximum absolute atomic E-state index is 6.15. The number of H-pyrrole nitrogens is 1. The zero-order valence-corrected chi connectivity index (χ0v) is 11.0. The molecule has 0 bridgehead atoms. The fourth-order valence-corrected chi connectivity index (χ4v) is 2.19. The van der Waals surface area contributed by atoms with Crippen LogP contribution in [0.5, 0.6) is 0 Å². The van der Waals surface area contributed by atoms with Crippen molar-refractivity contribution < 1.29 is 0 Å². The maximum Gasteiger partial charge on any atom is 0.178 e. The Morgan fingerprint density at radius 2 is 2.00 bits per heavy atom. The molecule has 0 aliphatic heterocycles. The molecule has 18 heavy (non-hydrogen) atoms. The van der Waals surface area contributed by atoms with Gasteiger partial charge >= 0.3 is 0 Å². The van der Waals surface area contributed by atoms with E-state index in [1.54, 1.807) is 24.4 Å². The number of fused-ring (bicyclic) bond motifs is 1. The molecule has 2 aromatic heterocycles. The molecule has 0 aliphatic carbocycles. The van der Waals surface area contributed by atoms with Gasteiger partial charge in [-0.05, 0) is 36.8 Å². The van der Waals surface area contributed by atoms with Gasteiger partial charge in [0.1, 0.15) is 5.82 Å². The SMILES string of the molecule is Cc1cnc2nc(-c3cc(Cl)ccc3Cl)[nH]c2c1. The second kappa shape index (κ2) is 4.26. The summed E-state index contributed by atoms with van der Waals surface area (Å²) >= 11 is 12.1. The highest BCUT2D eigenvalue weighted by Gasteiger charge is 2.10. The highest BCUT2D eigenvalue weighted by Crippen LogP contribution is 2.29. The Bertz CT molecular complexity index is 734. The molecule has 0 amide bonds. The van der Waals surface area contributed by atoms with Gasteiger partial charge in [-0.25, -0.2) is 9.97 Å². The van der Waals surface area contributed by atoms with Gasteiger partial charge in [0, 0.05) is 16.8 Å². The topological polar surface area (TPSA) is 41.6 Å². The first kappa shape index (κ1) is 11.5. The van der Waals surface area contributed by atoms with Crippen LogP contribution in [0.2, 0.25) is 10.0 Å². The van der Waals surface area contributed by atoms with E-state index in [0.717, 1.165) is 16.6 Å². The molecule has 3 nitrogen and oxygen atoms in total. The van der Waals surface area contributed by atoms with Crippen LogP contribution in [0.25, 0.3) is 22.6 Å². The van der Waals surface area contributed by atoms with Crippen molar-refractivity contribution in [2.75, 3.05) is 0 Å². The molecule has 0 fully saturated rings. The molecule has 0 saturated heterocycles. The number of aryl methyl sites for hydroxylation is 1. The number of imidazole rings is 1. The van der Waals surface area contributed by atoms with Crippen molar-refractivity contribution in [1.29, 1.82) is 0 Å². The highest BCUT2D eigenvalue weighted by atomic mass is 35.5. The quantitative estimate of drug-likeness (QED) is 0.723. The number of benzene rings is 1. The van der Waals surface area contributed by atoms with Crippen molar-refractivity contribution in [2.45, 2.75) is 6.92 Å². The van der Waals surface area contributed by atoms with E-state index in [1.165, 1.54) is 0 Å². The number of nitrogens with zero attached hydrogens (tertiary/aromatic N) is 2. The Labute approximate surface area is 114 Å². The van der Waals surface area contributed by atoms with Crippen molar-refractivity contribution in [3.63, 3.8) is 0 Å². The summed E-state index contributed by atoms with van der Waals surface area (Å²) in [7, 11) is 0. The van der Waals surface area contributed by atoms with Crippen LogP contribution in [0, 0.1) is 6.92 Å². The van der Waals surface area contributed by atoms with Crippen LogP contribution < -0.4 is 0 Å². The smallest absolute Gasteiger partial charge is 0.178 e. The summed E-state index contributed by atoms with van der Waals surface area (Å²) < 4.78 is 0. The standard InChI is InChI=1S/C13H9Cl2N3/c1-7-4-11-13(16-6-7)18-12(17-11)9-5-8(14)2-3-10(9)15/h2-6H,1H3,(H,16,17,18). The first-order valence-electron chi connectivity index (χ1n) is 5.41. The van der Waals surface area contributed by atoms with E-state index in [9.17, 15) is 0 Å². The molecule has 90 valence electrons. The van der Waals surface area contributed by atoms with Crippen LogP contribution in [0.15, 0.2) is 30.5 Å². The third-order valence-corrected chi connectivity index (χ3v) is 3.22. The summed E-state index contributed by atoms with van der Waals surface area (Å²) in [6, 6.07) is 7.29. The average molecular weight is 278 g/mol. The van der Waals surface area contributed by atoms with Gasteiger partial charge in [0.05, 0.1) is 10.5 Å². The Kier molecular flexibility index (Phi) is 2.73. The predicted octanol–water partition coefficient (Wildman–Crippen LogP) is 4.24. The number of hydrogen-bond donors (Lipinski definition) is 1. The first-order chi connectivity index (χ1) is 8.63. The van der Waals surface area contributed by atoms with Gasteiger partial charge in [0.25, 0.3) is 0 Å². The Balaban J connectivity index is 2.22. The number of rotatable bonds is 1. The third kappa shape index (κ3) is 1.96. The number of aromatic amines is 1. The van der Waals surface area contributed by atoms with E-state index in [2.05, 4.69) is 15.0 Å². The van der Waals surface area contributed by atoms with Gasteiger partial charge in [-0.2, -0.15) is 0 Å². The lowest BCUT2D eigenvalue weighted by Gasteiger charge is -2.00. The summed E-state index contributed by atoms with van der Waals surface area (Å²) in [5.41, 5.74) is 3.42. The van der Waals surface area contributed by atoms with Crippen molar-refractivity contribution in [3.8, 4) is 11.4 Å². The molecular formula is C13H9Cl2N3. The molecule has 0 saturated carbocycles. The van der Waals surface area contributed by atoms with Gasteiger partial charge in [-0.15, -0.1) is 0 Å². The molecule has 2 heterocycles. The van der Waals surface area contributed by atoms with Gasteiger partial charge in [-0.3, -0.25) is 0 Å². The number of halogens is 2. The number of aromatic nitrogens is 3. The van der Waals surface area contributed by atoms with Crippen molar-refractivity contribution >= 4 is 34.4 Å². The number of nitrogens with one attached hydrogen (secondary N) is 1. The molecule has 0 unspecified atom stereocenters. The molecule has 3 aromatic rings. The van der Waals surface area contributed by atoms with E-state index >= 15 is 0 Å². The molecule has 0 aliphatic rings. The zero-order chi connectivity index (χ0) is 12.7. The molecule has 0 spiro atoms. The Morgan fingerprint density at radius 3 is 2.83 bits per heavy atom. The summed E-state index contributed by atoms with van der Waals surface area (Å²) in [6.45, 7) is 1.99. The highest BCUT2D eigenvalue weighted by molar-refractivity contribution is 6.35. The predicted molar refractivity (Wildman–Crippen MR) is 74.1 cm³/mol. The summed E-state index contributed by atoms with van der Waals surface area (Å²) in [5, 5.41) is 1.23. The molecular weight excluding hydrogens is 269 g/mol. The van der Waals surface area contributed by atoms with Crippen LogP contribution in [-0.4, -0.2) is 15.0 Å². The number of hydrogen-bond acceptors (Lipinski definition) is 2. The molecule has 3 rings (SSSR count). The lowest BCUT2D eigenvalue weighted by atomic mass is 10.2. The van der Waals surface area contributed by atoms with Gasteiger partial charge in [0.2, 0.25) is 0 Å². The van der Waals surface area contributed by atoms with Crippen LogP contribution in [-0.2, 0) is 0 Å². The minimum atomic E-state index is 0.607. The molecule has 1 aromatic carbocycles. The minimum Gasteiger partial charge on any atom is -0.337 e. The lowest BCUT2D eigenvalue weighted by molar-refractivity contribution is 1.28. The molecule has 0 radical (unpaired) electrons. The maximum atomic E-state index is 6.15. The number of pyridine rings is 1. The van der Waals surface area contributed by atoms with E-state index < -0.39 is 0 Å². The van der Waals surface area contributed by atoms with Crippen molar-refractivity contribution in [2.24, 2.45) is 0 Å². The first-order valence-corrected chi connectivity index (χ1v) is 6.17. The monoisotopic (exact) mass is 277 g/mol. The summed E-state index contributed by atoms with van der Waals surface area (Å²) in [6.07, 6.45) is 1.78. The molecule has 1 N–H and O–H groups in total. The summed E-state index contributed by atoms with van der Waals surface area (Å²) in [5.74, 6) is 0.676. The van der Waals surface area contributed by atoms with Crippen molar-refractivity contribution in [1.82, 2.24) is 15.0 Å². The normalized spacial score (nSPS) is 11.1. The Hall–Kier alpha value is -1.58. The van der Waals surface area contributed by atoms with E-state index in [4.69, 9.17) is 23.2 Å². The minimum absolute atomic E-state index is 0.607. The fraction of sp³-hybridized carbons (Fsp3) is 0.0769. The van der Waals surface area contributed by atoms with Crippen molar-refractivity contribution in [3.05, 3.63) is 46.1 Å². The second-order valence-electron chi connectivity index (χ2n) is 4.09. The van der Waals surface area contributed by atoms with E-state index in [0.29, 0.717) is 21.5 Å². The fourth-order valence-electron chi connectivity index (χ4n) is 1.81. The lowest BCUT2D eigenvalue weighted by Crippen LogP contribution is -1.82. The van der Waals surface area contributed by atoms with E-state index in [-0.39, 0.29) is 0 Å². The third-order valence-electron chi connectivity index (χ3n) is 2.66. The van der Waals surface area contributed by atoms with Gasteiger partial charge in [-0.1, -0.05) is 23.2 Å². The average Bonchev–Trinajstić information content (AvgIpc) is 2.74. The molecule has 5 heteroatoms. The van der Waals surface area contributed by atoms with Crippen LogP contribution in [0.1, 0.15) is 5.56 Å². The summed E-state index contributed by atoms with van der Waals surface area (Å²) in [4.78, 5) is 11.9. The van der Waals surface area contributed by atoms with Gasteiger partial charge < -0.3 is 4.98 Å². The van der Waals surface area contributed by atoms with Crippen LogP contribution in [0.3, 0.4) is 0 Å².